The van der Waals surface area contributed by atoms with Crippen LogP contribution in [0.1, 0.15) is 22.1 Å². The van der Waals surface area contributed by atoms with E-state index in [0.717, 1.165) is 5.56 Å². The molecule has 0 aliphatic heterocycles. The number of benzene rings is 3. The van der Waals surface area contributed by atoms with Crippen molar-refractivity contribution in [3.63, 3.8) is 0 Å². The summed E-state index contributed by atoms with van der Waals surface area (Å²) in [5, 5.41) is 2.38. The van der Waals surface area contributed by atoms with Gasteiger partial charge in [-0.3, -0.25) is 0 Å². The van der Waals surface area contributed by atoms with Gasteiger partial charge in [0.25, 0.3) is 0 Å². The van der Waals surface area contributed by atoms with Crippen LogP contribution in [0.4, 0.5) is 0 Å². The molecule has 0 aliphatic carbocycles. The minimum Gasteiger partial charge on any atom is -0.113 e. The van der Waals surface area contributed by atoms with E-state index >= 15 is 0 Å². The monoisotopic (exact) mass is 266 g/mol. The molecule has 0 saturated heterocycles. The molecule has 94 valence electrons. The molecule has 1 unspecified atom stereocenters. The van der Waals surface area contributed by atoms with E-state index in [0.29, 0.717) is 0 Å². The smallest absolute Gasteiger partial charge is 0.0843 e. The Morgan fingerprint density at radius 1 is 0.789 bits per heavy atom. The van der Waals surface area contributed by atoms with Gasteiger partial charge in [-0.05, 0) is 34.4 Å². The van der Waals surface area contributed by atoms with E-state index in [1.807, 2.05) is 18.2 Å². The summed E-state index contributed by atoms with van der Waals surface area (Å²) in [6.45, 7) is 2.13. The van der Waals surface area contributed by atoms with Gasteiger partial charge in [-0.1, -0.05) is 66.7 Å². The molecule has 0 radical (unpaired) electrons. The van der Waals surface area contributed by atoms with Crippen molar-refractivity contribution >= 4 is 22.4 Å². The molecule has 0 N–H and O–H groups in total. The molecule has 0 aliphatic rings. The lowest BCUT2D eigenvalue weighted by atomic mass is 9.94. The van der Waals surface area contributed by atoms with Gasteiger partial charge in [0.05, 0.1) is 5.38 Å². The summed E-state index contributed by atoms with van der Waals surface area (Å²) >= 11 is 6.72. The van der Waals surface area contributed by atoms with Crippen molar-refractivity contribution < 1.29 is 0 Å². The van der Waals surface area contributed by atoms with Crippen LogP contribution in [0.25, 0.3) is 10.8 Å². The average Bonchev–Trinajstić information content (AvgIpc) is 2.47. The molecular weight excluding hydrogens is 252 g/mol. The van der Waals surface area contributed by atoms with Gasteiger partial charge < -0.3 is 0 Å². The van der Waals surface area contributed by atoms with Gasteiger partial charge in [-0.15, -0.1) is 11.6 Å². The first kappa shape index (κ1) is 12.3. The fourth-order valence-corrected chi connectivity index (χ4v) is 2.96. The third-order valence-electron chi connectivity index (χ3n) is 3.53. The topological polar surface area (TPSA) is 0 Å². The van der Waals surface area contributed by atoms with Crippen LogP contribution >= 0.6 is 11.6 Å². The summed E-state index contributed by atoms with van der Waals surface area (Å²) in [5.74, 6) is 0. The highest BCUT2D eigenvalue weighted by Gasteiger charge is 2.15. The van der Waals surface area contributed by atoms with Crippen LogP contribution in [0.3, 0.4) is 0 Å². The highest BCUT2D eigenvalue weighted by Crippen LogP contribution is 2.35. The highest BCUT2D eigenvalue weighted by molar-refractivity contribution is 6.23. The van der Waals surface area contributed by atoms with E-state index in [1.54, 1.807) is 0 Å². The van der Waals surface area contributed by atoms with Crippen molar-refractivity contribution in [2.75, 3.05) is 0 Å². The van der Waals surface area contributed by atoms with Gasteiger partial charge in [0.1, 0.15) is 0 Å². The number of rotatable bonds is 2. The zero-order valence-electron chi connectivity index (χ0n) is 10.8. The lowest BCUT2D eigenvalue weighted by Gasteiger charge is -2.16. The average molecular weight is 267 g/mol. The van der Waals surface area contributed by atoms with Crippen LogP contribution in [0.5, 0.6) is 0 Å². The van der Waals surface area contributed by atoms with Gasteiger partial charge >= 0.3 is 0 Å². The predicted molar refractivity (Wildman–Crippen MR) is 82.8 cm³/mol. The van der Waals surface area contributed by atoms with Crippen molar-refractivity contribution in [1.29, 1.82) is 0 Å². The zero-order valence-corrected chi connectivity index (χ0v) is 11.6. The number of fused-ring (bicyclic) bond motifs is 1. The minimum absolute atomic E-state index is 0.104. The standard InChI is InChI=1S/C18H15Cl/c1-13-11-12-14-7-5-6-10-16(14)17(13)18(19)15-8-3-2-4-9-15/h2-12,18H,1H3. The molecule has 0 fully saturated rings. The van der Waals surface area contributed by atoms with Crippen LogP contribution in [-0.4, -0.2) is 0 Å². The Balaban J connectivity index is 2.22. The summed E-state index contributed by atoms with van der Waals surface area (Å²) in [6.07, 6.45) is 0. The normalized spacial score (nSPS) is 12.5. The van der Waals surface area contributed by atoms with Crippen molar-refractivity contribution in [3.05, 3.63) is 83.4 Å². The molecule has 3 rings (SSSR count). The maximum Gasteiger partial charge on any atom is 0.0843 e. The van der Waals surface area contributed by atoms with Gasteiger partial charge in [0, 0.05) is 0 Å². The van der Waals surface area contributed by atoms with Crippen LogP contribution in [0.15, 0.2) is 66.7 Å². The van der Waals surface area contributed by atoms with Crippen molar-refractivity contribution in [3.8, 4) is 0 Å². The largest absolute Gasteiger partial charge is 0.113 e. The number of aryl methyl sites for hydroxylation is 1. The lowest BCUT2D eigenvalue weighted by Crippen LogP contribution is -1.97. The van der Waals surface area contributed by atoms with E-state index in [-0.39, 0.29) is 5.38 Å². The molecular formula is C18H15Cl. The van der Waals surface area contributed by atoms with E-state index in [2.05, 4.69) is 55.5 Å². The summed E-state index contributed by atoms with van der Waals surface area (Å²) in [7, 11) is 0. The minimum atomic E-state index is -0.104. The second-order valence-electron chi connectivity index (χ2n) is 4.79. The maximum atomic E-state index is 6.72. The molecule has 0 aromatic heterocycles. The molecule has 3 aromatic carbocycles. The Morgan fingerprint density at radius 2 is 1.47 bits per heavy atom. The lowest BCUT2D eigenvalue weighted by molar-refractivity contribution is 1.13. The quantitative estimate of drug-likeness (QED) is 0.539. The molecule has 3 aromatic rings. The predicted octanol–water partition coefficient (Wildman–Crippen LogP) is 5.48. The first-order chi connectivity index (χ1) is 9.27. The second-order valence-corrected chi connectivity index (χ2v) is 5.23. The van der Waals surface area contributed by atoms with Crippen LogP contribution in [0, 0.1) is 6.92 Å². The van der Waals surface area contributed by atoms with E-state index in [9.17, 15) is 0 Å². The molecule has 0 nitrogen and oxygen atoms in total. The number of hydrogen-bond acceptors (Lipinski definition) is 0. The Kier molecular flexibility index (Phi) is 3.27. The van der Waals surface area contributed by atoms with Crippen molar-refractivity contribution in [2.24, 2.45) is 0 Å². The molecule has 0 bridgehead atoms. The van der Waals surface area contributed by atoms with Crippen LogP contribution in [0.2, 0.25) is 0 Å². The van der Waals surface area contributed by atoms with Crippen molar-refractivity contribution in [1.82, 2.24) is 0 Å². The number of alkyl halides is 1. The van der Waals surface area contributed by atoms with Gasteiger partial charge in [-0.2, -0.15) is 0 Å². The molecule has 0 saturated carbocycles. The fraction of sp³-hybridized carbons (Fsp3) is 0.111. The first-order valence-corrected chi connectivity index (χ1v) is 6.88. The summed E-state index contributed by atoms with van der Waals surface area (Å²) in [5.41, 5.74) is 3.59. The van der Waals surface area contributed by atoms with Crippen LogP contribution < -0.4 is 0 Å². The summed E-state index contributed by atoms with van der Waals surface area (Å²) in [6, 6.07) is 23.0. The van der Waals surface area contributed by atoms with E-state index in [4.69, 9.17) is 11.6 Å². The van der Waals surface area contributed by atoms with Crippen LogP contribution in [-0.2, 0) is 0 Å². The summed E-state index contributed by atoms with van der Waals surface area (Å²) in [4.78, 5) is 0. The zero-order chi connectivity index (χ0) is 13.2. The van der Waals surface area contributed by atoms with E-state index in [1.165, 1.54) is 21.9 Å². The van der Waals surface area contributed by atoms with Gasteiger partial charge in [0.2, 0.25) is 0 Å². The molecule has 0 heterocycles. The first-order valence-electron chi connectivity index (χ1n) is 6.44. The molecule has 1 heteroatoms. The number of halogens is 1. The molecule has 0 amide bonds. The molecule has 19 heavy (non-hydrogen) atoms. The highest BCUT2D eigenvalue weighted by atomic mass is 35.5. The van der Waals surface area contributed by atoms with Crippen molar-refractivity contribution in [2.45, 2.75) is 12.3 Å². The molecule has 0 spiro atoms. The molecule has 1 atom stereocenters. The maximum absolute atomic E-state index is 6.72. The second kappa shape index (κ2) is 5.07. The van der Waals surface area contributed by atoms with Gasteiger partial charge in [-0.25, -0.2) is 0 Å². The third-order valence-corrected chi connectivity index (χ3v) is 4.00. The summed E-state index contributed by atoms with van der Waals surface area (Å²) < 4.78 is 0. The van der Waals surface area contributed by atoms with Gasteiger partial charge in [0.15, 0.2) is 0 Å². The number of hydrogen-bond donors (Lipinski definition) is 0. The Hall–Kier alpha value is -1.79. The fourth-order valence-electron chi connectivity index (χ4n) is 2.53. The Labute approximate surface area is 118 Å². The Bertz CT molecular complexity index is 701. The van der Waals surface area contributed by atoms with E-state index < -0.39 is 0 Å². The SMILES string of the molecule is Cc1ccc2ccccc2c1C(Cl)c1ccccc1. The third kappa shape index (κ3) is 2.24. The Morgan fingerprint density at radius 3 is 2.26 bits per heavy atom.